The largest absolute Gasteiger partial charge is 0.454 e. The first-order valence-corrected chi connectivity index (χ1v) is 10.0. The SMILES string of the molecule is CC1=CC(=C(C#N)c2nc3ccccc3s2)C=C(C)N1c1ccc2c(c1)OCO2.Cl. The maximum atomic E-state index is 9.87. The molecule has 1 aromatic heterocycles. The van der Waals surface area contributed by atoms with E-state index >= 15 is 0 Å². The Labute approximate surface area is 184 Å². The van der Waals surface area contributed by atoms with Crippen LogP contribution in [0, 0.1) is 11.3 Å². The molecule has 0 unspecified atom stereocenters. The van der Waals surface area contributed by atoms with E-state index in [1.807, 2.05) is 68.5 Å². The molecule has 0 amide bonds. The standard InChI is InChI=1S/C23H17N3O2S.ClH/c1-14-9-16(18(12-24)23-25-19-5-3-4-6-22(19)29-23)10-15(2)26(14)17-7-8-20-21(11-17)28-13-27-20;/h3-11H,13H2,1-2H3;1H. The molecule has 150 valence electrons. The topological polar surface area (TPSA) is 58.4 Å². The lowest BCUT2D eigenvalue weighted by molar-refractivity contribution is 0.174. The lowest BCUT2D eigenvalue weighted by atomic mass is 10.0. The number of benzene rings is 2. The predicted molar refractivity (Wildman–Crippen MR) is 122 cm³/mol. The van der Waals surface area contributed by atoms with Gasteiger partial charge in [0, 0.05) is 23.1 Å². The average Bonchev–Trinajstić information content (AvgIpc) is 3.34. The van der Waals surface area contributed by atoms with Crippen LogP contribution in [0.15, 0.2) is 71.6 Å². The molecular formula is C23H18ClN3O2S. The molecule has 0 atom stereocenters. The van der Waals surface area contributed by atoms with Gasteiger partial charge in [0.05, 0.1) is 15.8 Å². The fourth-order valence-corrected chi connectivity index (χ4v) is 4.67. The molecule has 0 fully saturated rings. The Balaban J connectivity index is 0.00000218. The summed E-state index contributed by atoms with van der Waals surface area (Å²) in [5, 5.41) is 10.6. The van der Waals surface area contributed by atoms with Crippen LogP contribution < -0.4 is 14.4 Å². The minimum Gasteiger partial charge on any atom is -0.454 e. The summed E-state index contributed by atoms with van der Waals surface area (Å²) < 4.78 is 12.0. The smallest absolute Gasteiger partial charge is 0.231 e. The molecule has 0 bridgehead atoms. The first-order chi connectivity index (χ1) is 14.1. The summed E-state index contributed by atoms with van der Waals surface area (Å²) in [7, 11) is 0. The summed E-state index contributed by atoms with van der Waals surface area (Å²) in [5.74, 6) is 1.51. The van der Waals surface area contributed by atoms with E-state index in [0.29, 0.717) is 5.57 Å². The molecule has 2 aliphatic rings. The third-order valence-corrected chi connectivity index (χ3v) is 6.01. The molecule has 0 N–H and O–H groups in total. The van der Waals surface area contributed by atoms with Crippen molar-refractivity contribution in [1.82, 2.24) is 4.98 Å². The highest BCUT2D eigenvalue weighted by molar-refractivity contribution is 7.19. The quantitative estimate of drug-likeness (QED) is 0.458. The molecule has 0 saturated heterocycles. The maximum absolute atomic E-state index is 9.87. The van der Waals surface area contributed by atoms with Gasteiger partial charge in [0.25, 0.3) is 0 Å². The van der Waals surface area contributed by atoms with Crippen LogP contribution in [0.25, 0.3) is 15.8 Å². The van der Waals surface area contributed by atoms with Gasteiger partial charge in [-0.3, -0.25) is 0 Å². The Kier molecular flexibility index (Phi) is 5.25. The molecule has 2 aromatic carbocycles. The summed E-state index contributed by atoms with van der Waals surface area (Å²) in [4.78, 5) is 6.80. The van der Waals surface area contributed by atoms with E-state index in [1.165, 1.54) is 0 Å². The highest BCUT2D eigenvalue weighted by atomic mass is 35.5. The molecule has 2 aliphatic heterocycles. The number of aromatic nitrogens is 1. The molecule has 5 nitrogen and oxygen atoms in total. The van der Waals surface area contributed by atoms with Crippen LogP contribution in [0.5, 0.6) is 11.5 Å². The van der Waals surface area contributed by atoms with Crippen LogP contribution in [0.1, 0.15) is 18.9 Å². The summed E-state index contributed by atoms with van der Waals surface area (Å²) in [6, 6.07) is 16.2. The first-order valence-electron chi connectivity index (χ1n) is 9.21. The number of anilines is 1. The van der Waals surface area contributed by atoms with Crippen molar-refractivity contribution in [2.45, 2.75) is 13.8 Å². The number of halogens is 1. The van der Waals surface area contributed by atoms with E-state index < -0.39 is 0 Å². The molecule has 0 saturated carbocycles. The van der Waals surface area contributed by atoms with Crippen LogP contribution in [0.3, 0.4) is 0 Å². The van der Waals surface area contributed by atoms with Crippen molar-refractivity contribution in [1.29, 1.82) is 5.26 Å². The molecule has 0 aliphatic carbocycles. The van der Waals surface area contributed by atoms with Gasteiger partial charge in [-0.2, -0.15) is 5.26 Å². The lowest BCUT2D eigenvalue weighted by Gasteiger charge is -2.30. The summed E-state index contributed by atoms with van der Waals surface area (Å²) in [6.07, 6.45) is 4.06. The van der Waals surface area contributed by atoms with Crippen LogP contribution in [-0.4, -0.2) is 11.8 Å². The Morgan fingerprint density at radius 3 is 2.53 bits per heavy atom. The molecule has 3 aromatic rings. The van der Waals surface area contributed by atoms with Gasteiger partial charge in [0.1, 0.15) is 11.1 Å². The number of fused-ring (bicyclic) bond motifs is 2. The fourth-order valence-electron chi connectivity index (χ4n) is 3.69. The van der Waals surface area contributed by atoms with Crippen molar-refractivity contribution < 1.29 is 9.47 Å². The van der Waals surface area contributed by atoms with Gasteiger partial charge in [-0.05, 0) is 55.8 Å². The first kappa shape index (κ1) is 20.0. The molecule has 7 heteroatoms. The molecular weight excluding hydrogens is 418 g/mol. The van der Waals surface area contributed by atoms with Crippen LogP contribution in [0.4, 0.5) is 5.69 Å². The van der Waals surface area contributed by atoms with Crippen LogP contribution >= 0.6 is 23.7 Å². The number of ether oxygens (including phenoxy) is 2. The van der Waals surface area contributed by atoms with Crippen LogP contribution in [0.2, 0.25) is 0 Å². The highest BCUT2D eigenvalue weighted by Crippen LogP contribution is 2.39. The number of para-hydroxylation sites is 1. The molecule has 30 heavy (non-hydrogen) atoms. The van der Waals surface area contributed by atoms with E-state index in [1.54, 1.807) is 11.3 Å². The second kappa shape index (κ2) is 7.86. The third-order valence-electron chi connectivity index (χ3n) is 4.96. The number of nitrogens with zero attached hydrogens (tertiary/aromatic N) is 3. The lowest BCUT2D eigenvalue weighted by Crippen LogP contribution is -2.21. The summed E-state index contributed by atoms with van der Waals surface area (Å²) in [5.41, 5.74) is 5.42. The van der Waals surface area contributed by atoms with Gasteiger partial charge in [-0.1, -0.05) is 12.1 Å². The second-order valence-corrected chi connectivity index (χ2v) is 7.90. The van der Waals surface area contributed by atoms with Gasteiger partial charge in [0.15, 0.2) is 11.5 Å². The number of rotatable bonds is 2. The zero-order valence-electron chi connectivity index (χ0n) is 16.4. The number of thiazole rings is 1. The van der Waals surface area contributed by atoms with E-state index in [4.69, 9.17) is 9.47 Å². The zero-order chi connectivity index (χ0) is 20.0. The van der Waals surface area contributed by atoms with Gasteiger partial charge in [-0.15, -0.1) is 23.7 Å². The van der Waals surface area contributed by atoms with Crippen LogP contribution in [-0.2, 0) is 0 Å². The van der Waals surface area contributed by atoms with Gasteiger partial charge in [0.2, 0.25) is 6.79 Å². The van der Waals surface area contributed by atoms with Crippen molar-refractivity contribution in [3.63, 3.8) is 0 Å². The molecule has 3 heterocycles. The van der Waals surface area contributed by atoms with Crippen molar-refractivity contribution in [2.75, 3.05) is 11.7 Å². The van der Waals surface area contributed by atoms with E-state index in [9.17, 15) is 5.26 Å². The Bertz CT molecular complexity index is 1230. The average molecular weight is 436 g/mol. The normalized spacial score (nSPS) is 14.7. The maximum Gasteiger partial charge on any atom is 0.231 e. The Morgan fingerprint density at radius 2 is 1.80 bits per heavy atom. The predicted octanol–water partition coefficient (Wildman–Crippen LogP) is 6.05. The van der Waals surface area contributed by atoms with Gasteiger partial charge in [-0.25, -0.2) is 4.98 Å². The van der Waals surface area contributed by atoms with Crippen molar-refractivity contribution in [3.8, 4) is 17.6 Å². The fraction of sp³-hybridized carbons (Fsp3) is 0.130. The summed E-state index contributed by atoms with van der Waals surface area (Å²) in [6.45, 7) is 4.33. The number of hydrogen-bond donors (Lipinski definition) is 0. The van der Waals surface area contributed by atoms with E-state index in [-0.39, 0.29) is 19.2 Å². The molecule has 0 radical (unpaired) electrons. The van der Waals surface area contributed by atoms with Crippen molar-refractivity contribution in [3.05, 3.63) is 76.6 Å². The highest BCUT2D eigenvalue weighted by Gasteiger charge is 2.22. The Morgan fingerprint density at radius 1 is 1.07 bits per heavy atom. The van der Waals surface area contributed by atoms with Crippen molar-refractivity contribution >= 4 is 45.2 Å². The van der Waals surface area contributed by atoms with E-state index in [2.05, 4.69) is 16.0 Å². The van der Waals surface area contributed by atoms with Crippen molar-refractivity contribution in [2.24, 2.45) is 0 Å². The second-order valence-electron chi connectivity index (χ2n) is 6.87. The molecule has 5 rings (SSSR count). The number of allylic oxidation sites excluding steroid dienone is 6. The molecule has 0 spiro atoms. The monoisotopic (exact) mass is 435 g/mol. The minimum absolute atomic E-state index is 0. The minimum atomic E-state index is 0. The number of hydrogen-bond acceptors (Lipinski definition) is 6. The third kappa shape index (κ3) is 3.32. The van der Waals surface area contributed by atoms with Gasteiger partial charge >= 0.3 is 0 Å². The van der Waals surface area contributed by atoms with E-state index in [0.717, 1.165) is 49.4 Å². The van der Waals surface area contributed by atoms with Gasteiger partial charge < -0.3 is 14.4 Å². The Hall–Kier alpha value is -3.27. The number of nitriles is 1. The summed E-state index contributed by atoms with van der Waals surface area (Å²) >= 11 is 1.54. The zero-order valence-corrected chi connectivity index (χ0v) is 18.0.